The number of hydrogen-bond acceptors (Lipinski definition) is 3. The average Bonchev–Trinajstić information content (AvgIpc) is 2.18. The summed E-state index contributed by atoms with van der Waals surface area (Å²) in [6.45, 7) is 4.01. The molecule has 1 aromatic rings. The van der Waals surface area contributed by atoms with Gasteiger partial charge in [-0.3, -0.25) is 0 Å². The van der Waals surface area contributed by atoms with Crippen LogP contribution in [-0.4, -0.2) is 10.1 Å². The Kier molecular flexibility index (Phi) is 3.47. The minimum atomic E-state index is -0.812. The molecular formula is C11H18N2O. The second-order valence-electron chi connectivity index (χ2n) is 3.57. The van der Waals surface area contributed by atoms with Crippen LogP contribution in [0.5, 0.6) is 0 Å². The van der Waals surface area contributed by atoms with Gasteiger partial charge < -0.3 is 10.8 Å². The summed E-state index contributed by atoms with van der Waals surface area (Å²) in [6, 6.07) is 3.66. The molecular weight excluding hydrogens is 176 g/mol. The standard InChI is InChI=1S/C11H18N2O/c1-3-7-11(14,4-2)9-6-5-8-13-10(9)12/h5-6,8,14H,3-4,7H2,1-2H3,(H2,12,13). The topological polar surface area (TPSA) is 59.1 Å². The van der Waals surface area contributed by atoms with E-state index >= 15 is 0 Å². The molecule has 0 aliphatic heterocycles. The van der Waals surface area contributed by atoms with Crippen LogP contribution in [0.4, 0.5) is 5.82 Å². The van der Waals surface area contributed by atoms with Crippen LogP contribution in [0.2, 0.25) is 0 Å². The fourth-order valence-electron chi connectivity index (χ4n) is 1.73. The summed E-state index contributed by atoms with van der Waals surface area (Å²) in [7, 11) is 0. The number of aromatic nitrogens is 1. The second-order valence-corrected chi connectivity index (χ2v) is 3.57. The van der Waals surface area contributed by atoms with Gasteiger partial charge in [-0.1, -0.05) is 26.3 Å². The van der Waals surface area contributed by atoms with Gasteiger partial charge in [0.05, 0.1) is 5.60 Å². The van der Waals surface area contributed by atoms with E-state index in [1.54, 1.807) is 6.20 Å². The largest absolute Gasteiger partial charge is 0.385 e. The van der Waals surface area contributed by atoms with Crippen LogP contribution in [0.3, 0.4) is 0 Å². The molecule has 0 aromatic carbocycles. The first-order chi connectivity index (χ1) is 6.64. The van der Waals surface area contributed by atoms with E-state index in [9.17, 15) is 5.11 Å². The monoisotopic (exact) mass is 194 g/mol. The molecule has 1 rings (SSSR count). The lowest BCUT2D eigenvalue weighted by Gasteiger charge is -2.27. The van der Waals surface area contributed by atoms with Crippen LogP contribution in [0.15, 0.2) is 18.3 Å². The fraction of sp³-hybridized carbons (Fsp3) is 0.545. The highest BCUT2D eigenvalue weighted by atomic mass is 16.3. The van der Waals surface area contributed by atoms with E-state index in [0.717, 1.165) is 18.4 Å². The summed E-state index contributed by atoms with van der Waals surface area (Å²) in [4.78, 5) is 3.99. The Morgan fingerprint density at radius 1 is 1.50 bits per heavy atom. The van der Waals surface area contributed by atoms with Crippen LogP contribution in [-0.2, 0) is 5.60 Å². The number of rotatable bonds is 4. The number of anilines is 1. The first kappa shape index (κ1) is 11.0. The fourth-order valence-corrected chi connectivity index (χ4v) is 1.73. The van der Waals surface area contributed by atoms with Crippen LogP contribution in [0.1, 0.15) is 38.7 Å². The van der Waals surface area contributed by atoms with Gasteiger partial charge in [0.2, 0.25) is 0 Å². The molecule has 0 radical (unpaired) electrons. The zero-order valence-electron chi connectivity index (χ0n) is 8.83. The number of pyridine rings is 1. The maximum Gasteiger partial charge on any atom is 0.129 e. The Balaban J connectivity index is 3.05. The van der Waals surface area contributed by atoms with Crippen LogP contribution in [0, 0.1) is 0 Å². The molecule has 1 aromatic heterocycles. The van der Waals surface area contributed by atoms with Crippen LogP contribution < -0.4 is 5.73 Å². The summed E-state index contributed by atoms with van der Waals surface area (Å²) in [6.07, 6.45) is 3.95. The molecule has 14 heavy (non-hydrogen) atoms. The van der Waals surface area contributed by atoms with Gasteiger partial charge in [0.15, 0.2) is 0 Å². The van der Waals surface area contributed by atoms with Gasteiger partial charge in [-0.25, -0.2) is 4.98 Å². The Labute approximate surface area is 85.0 Å². The first-order valence-electron chi connectivity index (χ1n) is 5.07. The van der Waals surface area contributed by atoms with E-state index in [0.29, 0.717) is 12.2 Å². The molecule has 0 bridgehead atoms. The van der Waals surface area contributed by atoms with E-state index in [4.69, 9.17) is 5.73 Å². The van der Waals surface area contributed by atoms with Gasteiger partial charge in [-0.15, -0.1) is 0 Å². The summed E-state index contributed by atoms with van der Waals surface area (Å²) >= 11 is 0. The molecule has 0 aliphatic rings. The second kappa shape index (κ2) is 4.42. The van der Waals surface area contributed by atoms with Crippen molar-refractivity contribution >= 4 is 5.82 Å². The maximum absolute atomic E-state index is 10.4. The molecule has 3 heteroatoms. The smallest absolute Gasteiger partial charge is 0.129 e. The predicted molar refractivity (Wildman–Crippen MR) is 57.7 cm³/mol. The predicted octanol–water partition coefficient (Wildman–Crippen LogP) is 2.06. The van der Waals surface area contributed by atoms with Gasteiger partial charge in [0.1, 0.15) is 5.82 Å². The number of nitrogens with two attached hydrogens (primary N) is 1. The molecule has 3 N–H and O–H groups in total. The quantitative estimate of drug-likeness (QED) is 0.771. The minimum absolute atomic E-state index is 0.435. The highest BCUT2D eigenvalue weighted by Gasteiger charge is 2.28. The summed E-state index contributed by atoms with van der Waals surface area (Å²) < 4.78 is 0. The molecule has 78 valence electrons. The summed E-state index contributed by atoms with van der Waals surface area (Å²) in [5.41, 5.74) is 5.68. The molecule has 0 saturated carbocycles. The van der Waals surface area contributed by atoms with Crippen molar-refractivity contribution in [1.29, 1.82) is 0 Å². The van der Waals surface area contributed by atoms with Crippen molar-refractivity contribution < 1.29 is 5.11 Å². The Morgan fingerprint density at radius 2 is 2.21 bits per heavy atom. The zero-order valence-corrected chi connectivity index (χ0v) is 8.83. The third kappa shape index (κ3) is 2.04. The van der Waals surface area contributed by atoms with Gasteiger partial charge in [-0.05, 0) is 18.9 Å². The van der Waals surface area contributed by atoms with Crippen LogP contribution >= 0.6 is 0 Å². The summed E-state index contributed by atoms with van der Waals surface area (Å²) in [5.74, 6) is 0.435. The lowest BCUT2D eigenvalue weighted by atomic mass is 9.87. The highest BCUT2D eigenvalue weighted by molar-refractivity contribution is 5.42. The Hall–Kier alpha value is -1.09. The molecule has 3 nitrogen and oxygen atoms in total. The molecule has 0 fully saturated rings. The Bertz CT molecular complexity index is 301. The van der Waals surface area contributed by atoms with E-state index in [2.05, 4.69) is 4.98 Å². The zero-order chi connectivity index (χ0) is 10.6. The number of nitrogens with zero attached hydrogens (tertiary/aromatic N) is 1. The third-order valence-electron chi connectivity index (χ3n) is 2.59. The lowest BCUT2D eigenvalue weighted by Crippen LogP contribution is -2.26. The number of nitrogen functional groups attached to an aromatic ring is 1. The average molecular weight is 194 g/mol. The Morgan fingerprint density at radius 3 is 2.71 bits per heavy atom. The van der Waals surface area contributed by atoms with Crippen molar-refractivity contribution in [1.82, 2.24) is 4.98 Å². The maximum atomic E-state index is 10.4. The third-order valence-corrected chi connectivity index (χ3v) is 2.59. The van der Waals surface area contributed by atoms with Crippen LogP contribution in [0.25, 0.3) is 0 Å². The van der Waals surface area contributed by atoms with Gasteiger partial charge in [0.25, 0.3) is 0 Å². The van der Waals surface area contributed by atoms with E-state index in [1.807, 2.05) is 26.0 Å². The van der Waals surface area contributed by atoms with E-state index < -0.39 is 5.60 Å². The van der Waals surface area contributed by atoms with Crippen molar-refractivity contribution in [3.05, 3.63) is 23.9 Å². The molecule has 1 heterocycles. The first-order valence-corrected chi connectivity index (χ1v) is 5.07. The van der Waals surface area contributed by atoms with E-state index in [1.165, 1.54) is 0 Å². The summed E-state index contributed by atoms with van der Waals surface area (Å²) in [5, 5.41) is 10.4. The van der Waals surface area contributed by atoms with Crippen molar-refractivity contribution in [3.63, 3.8) is 0 Å². The van der Waals surface area contributed by atoms with Crippen molar-refractivity contribution in [2.24, 2.45) is 0 Å². The van der Waals surface area contributed by atoms with E-state index in [-0.39, 0.29) is 0 Å². The SMILES string of the molecule is CCCC(O)(CC)c1cccnc1N. The molecule has 0 saturated heterocycles. The number of hydrogen-bond donors (Lipinski definition) is 2. The molecule has 0 amide bonds. The molecule has 1 atom stereocenters. The highest BCUT2D eigenvalue weighted by Crippen LogP contribution is 2.32. The van der Waals surface area contributed by atoms with Crippen molar-refractivity contribution in [3.8, 4) is 0 Å². The van der Waals surface area contributed by atoms with Gasteiger partial charge in [-0.2, -0.15) is 0 Å². The molecule has 1 unspecified atom stereocenters. The van der Waals surface area contributed by atoms with Gasteiger partial charge >= 0.3 is 0 Å². The molecule has 0 spiro atoms. The van der Waals surface area contributed by atoms with Crippen molar-refractivity contribution in [2.45, 2.75) is 38.7 Å². The number of aliphatic hydroxyl groups is 1. The van der Waals surface area contributed by atoms with Crippen molar-refractivity contribution in [2.75, 3.05) is 5.73 Å². The van der Waals surface area contributed by atoms with Gasteiger partial charge in [0, 0.05) is 11.8 Å². The molecule has 0 aliphatic carbocycles. The normalized spacial score (nSPS) is 15.1. The lowest BCUT2D eigenvalue weighted by molar-refractivity contribution is 0.0231. The minimum Gasteiger partial charge on any atom is -0.385 e.